The number of hydrogen-bond acceptors (Lipinski definition) is 5. The summed E-state index contributed by atoms with van der Waals surface area (Å²) in [5.41, 5.74) is 1.66. The lowest BCUT2D eigenvalue weighted by Gasteiger charge is -2.10. The fourth-order valence-corrected chi connectivity index (χ4v) is 1.66. The molecule has 6 heteroatoms. The number of nitrogens with zero attached hydrogens (tertiary/aromatic N) is 2. The first-order valence-electron chi connectivity index (χ1n) is 5.82. The molecule has 100 valence electrons. The van der Waals surface area contributed by atoms with Crippen molar-refractivity contribution in [1.29, 1.82) is 0 Å². The number of methoxy groups -OCH3 is 1. The summed E-state index contributed by atoms with van der Waals surface area (Å²) < 4.78 is 10.1. The van der Waals surface area contributed by atoms with Crippen molar-refractivity contribution in [1.82, 2.24) is 10.1 Å². The van der Waals surface area contributed by atoms with Gasteiger partial charge in [-0.15, -0.1) is 0 Å². The van der Waals surface area contributed by atoms with Crippen LogP contribution in [0.15, 0.2) is 22.7 Å². The summed E-state index contributed by atoms with van der Waals surface area (Å²) in [6.45, 7) is 3.64. The van der Waals surface area contributed by atoms with Gasteiger partial charge in [-0.1, -0.05) is 11.2 Å². The van der Waals surface area contributed by atoms with Crippen LogP contribution in [0.5, 0.6) is 5.75 Å². The molecule has 1 amide bonds. The zero-order chi connectivity index (χ0) is 13.8. The summed E-state index contributed by atoms with van der Waals surface area (Å²) in [6, 6.07) is 5.56. The highest BCUT2D eigenvalue weighted by atomic mass is 16.5. The lowest BCUT2D eigenvalue weighted by atomic mass is 10.2. The van der Waals surface area contributed by atoms with Gasteiger partial charge in [0.1, 0.15) is 12.2 Å². The van der Waals surface area contributed by atoms with Crippen LogP contribution < -0.4 is 10.1 Å². The van der Waals surface area contributed by atoms with Gasteiger partial charge in [-0.05, 0) is 31.5 Å². The minimum Gasteiger partial charge on any atom is -0.495 e. The molecule has 1 heterocycles. The molecule has 6 nitrogen and oxygen atoms in total. The van der Waals surface area contributed by atoms with Crippen molar-refractivity contribution in [3.63, 3.8) is 0 Å². The van der Waals surface area contributed by atoms with Gasteiger partial charge in [0.2, 0.25) is 11.8 Å². The van der Waals surface area contributed by atoms with Gasteiger partial charge in [0.15, 0.2) is 5.82 Å². The quantitative estimate of drug-likeness (QED) is 0.909. The highest BCUT2D eigenvalue weighted by Gasteiger charge is 2.12. The van der Waals surface area contributed by atoms with Gasteiger partial charge in [0.25, 0.3) is 0 Å². The highest BCUT2D eigenvalue weighted by molar-refractivity contribution is 5.93. The Bertz CT molecular complexity index is 593. The molecule has 0 aliphatic carbocycles. The van der Waals surface area contributed by atoms with E-state index in [0.717, 1.165) is 5.56 Å². The van der Waals surface area contributed by atoms with Crippen LogP contribution in [0.1, 0.15) is 17.3 Å². The number of aryl methyl sites for hydroxylation is 2. The molecule has 0 aliphatic rings. The Morgan fingerprint density at radius 1 is 1.42 bits per heavy atom. The molecule has 0 atom stereocenters. The monoisotopic (exact) mass is 261 g/mol. The van der Waals surface area contributed by atoms with E-state index >= 15 is 0 Å². The first-order chi connectivity index (χ1) is 9.08. The molecule has 1 aromatic heterocycles. The van der Waals surface area contributed by atoms with E-state index in [9.17, 15) is 4.79 Å². The molecule has 0 spiro atoms. The predicted octanol–water partition coefficient (Wildman–Crippen LogP) is 1.88. The van der Waals surface area contributed by atoms with E-state index in [0.29, 0.717) is 23.2 Å². The number of anilines is 1. The summed E-state index contributed by atoms with van der Waals surface area (Å²) in [5.74, 6) is 1.19. The van der Waals surface area contributed by atoms with E-state index in [1.54, 1.807) is 14.0 Å². The van der Waals surface area contributed by atoms with Crippen molar-refractivity contribution in [2.45, 2.75) is 20.3 Å². The van der Waals surface area contributed by atoms with Crippen LogP contribution in [0.4, 0.5) is 5.69 Å². The molecule has 0 saturated carbocycles. The average molecular weight is 261 g/mol. The zero-order valence-electron chi connectivity index (χ0n) is 11.1. The van der Waals surface area contributed by atoms with Crippen LogP contribution >= 0.6 is 0 Å². The average Bonchev–Trinajstić information content (AvgIpc) is 2.75. The summed E-state index contributed by atoms with van der Waals surface area (Å²) in [6.07, 6.45) is 0.0396. The Hall–Kier alpha value is -2.37. The van der Waals surface area contributed by atoms with Crippen LogP contribution in [0.2, 0.25) is 0 Å². The third-order valence-electron chi connectivity index (χ3n) is 2.51. The summed E-state index contributed by atoms with van der Waals surface area (Å²) in [7, 11) is 1.56. The summed E-state index contributed by atoms with van der Waals surface area (Å²) in [4.78, 5) is 15.9. The minimum atomic E-state index is -0.229. The highest BCUT2D eigenvalue weighted by Crippen LogP contribution is 2.25. The largest absolute Gasteiger partial charge is 0.495 e. The van der Waals surface area contributed by atoms with E-state index in [1.165, 1.54) is 0 Å². The number of ether oxygens (including phenoxy) is 1. The van der Waals surface area contributed by atoms with Crippen LogP contribution in [0, 0.1) is 13.8 Å². The van der Waals surface area contributed by atoms with Gasteiger partial charge in [-0.25, -0.2) is 0 Å². The Kier molecular flexibility index (Phi) is 3.79. The first kappa shape index (κ1) is 13.1. The second kappa shape index (κ2) is 5.51. The van der Waals surface area contributed by atoms with Crippen molar-refractivity contribution in [3.8, 4) is 5.75 Å². The molecule has 0 fully saturated rings. The van der Waals surface area contributed by atoms with Crippen molar-refractivity contribution in [2.75, 3.05) is 12.4 Å². The van der Waals surface area contributed by atoms with Crippen molar-refractivity contribution in [3.05, 3.63) is 35.5 Å². The van der Waals surface area contributed by atoms with E-state index in [-0.39, 0.29) is 12.3 Å². The smallest absolute Gasteiger partial charge is 0.236 e. The van der Waals surface area contributed by atoms with E-state index < -0.39 is 0 Å². The predicted molar refractivity (Wildman–Crippen MR) is 69.1 cm³/mol. The van der Waals surface area contributed by atoms with Gasteiger partial charge in [-0.2, -0.15) is 4.98 Å². The van der Waals surface area contributed by atoms with Crippen molar-refractivity contribution >= 4 is 11.6 Å². The van der Waals surface area contributed by atoms with Gasteiger partial charge in [-0.3, -0.25) is 4.79 Å². The molecule has 19 heavy (non-hydrogen) atoms. The van der Waals surface area contributed by atoms with Crippen LogP contribution in [-0.4, -0.2) is 23.2 Å². The number of aromatic nitrogens is 2. The second-order valence-electron chi connectivity index (χ2n) is 4.16. The molecule has 1 aromatic carbocycles. The summed E-state index contributed by atoms with van der Waals surface area (Å²) in [5, 5.41) is 6.40. The number of benzene rings is 1. The van der Waals surface area contributed by atoms with E-state index in [4.69, 9.17) is 9.26 Å². The maximum atomic E-state index is 11.9. The number of carbonyl (C=O) groups excluding carboxylic acids is 1. The number of amides is 1. The number of rotatable bonds is 4. The van der Waals surface area contributed by atoms with Gasteiger partial charge in [0.05, 0.1) is 12.8 Å². The normalized spacial score (nSPS) is 10.3. The Morgan fingerprint density at radius 2 is 2.21 bits per heavy atom. The second-order valence-corrected chi connectivity index (χ2v) is 4.16. The summed E-state index contributed by atoms with van der Waals surface area (Å²) >= 11 is 0. The van der Waals surface area contributed by atoms with Crippen molar-refractivity contribution in [2.24, 2.45) is 0 Å². The van der Waals surface area contributed by atoms with Crippen LogP contribution in [-0.2, 0) is 11.2 Å². The third kappa shape index (κ3) is 3.31. The van der Waals surface area contributed by atoms with E-state index in [2.05, 4.69) is 15.5 Å². The van der Waals surface area contributed by atoms with Crippen LogP contribution in [0.25, 0.3) is 0 Å². The number of hydrogen-bond donors (Lipinski definition) is 1. The van der Waals surface area contributed by atoms with Crippen molar-refractivity contribution < 1.29 is 14.1 Å². The first-order valence-corrected chi connectivity index (χ1v) is 5.82. The van der Waals surface area contributed by atoms with Crippen LogP contribution in [0.3, 0.4) is 0 Å². The lowest BCUT2D eigenvalue weighted by Crippen LogP contribution is -2.15. The molecular weight excluding hydrogens is 246 g/mol. The Labute approximate surface area is 110 Å². The number of nitrogens with one attached hydrogen (secondary N) is 1. The maximum absolute atomic E-state index is 11.9. The van der Waals surface area contributed by atoms with Gasteiger partial charge in [0, 0.05) is 0 Å². The third-order valence-corrected chi connectivity index (χ3v) is 2.51. The molecule has 0 unspecified atom stereocenters. The SMILES string of the molecule is COc1ccc(C)cc1NC(=O)Cc1nc(C)no1. The maximum Gasteiger partial charge on any atom is 0.236 e. The Morgan fingerprint density at radius 3 is 2.84 bits per heavy atom. The molecule has 2 aromatic rings. The molecule has 0 saturated heterocycles. The fraction of sp³-hybridized carbons (Fsp3) is 0.308. The molecule has 1 N–H and O–H groups in total. The molecule has 0 bridgehead atoms. The lowest BCUT2D eigenvalue weighted by molar-refractivity contribution is -0.115. The molecule has 0 aliphatic heterocycles. The fourth-order valence-electron chi connectivity index (χ4n) is 1.66. The minimum absolute atomic E-state index is 0.0396. The van der Waals surface area contributed by atoms with Gasteiger partial charge < -0.3 is 14.6 Å². The number of carbonyl (C=O) groups is 1. The molecular formula is C13H15N3O3. The molecule has 2 rings (SSSR count). The van der Waals surface area contributed by atoms with Gasteiger partial charge >= 0.3 is 0 Å². The topological polar surface area (TPSA) is 77.2 Å². The standard InChI is InChI=1S/C13H15N3O3/c1-8-4-5-11(18-3)10(6-8)15-12(17)7-13-14-9(2)16-19-13/h4-6H,7H2,1-3H3,(H,15,17). The Balaban J connectivity index is 2.08. The van der Waals surface area contributed by atoms with E-state index in [1.807, 2.05) is 25.1 Å². The molecule has 0 radical (unpaired) electrons. The zero-order valence-corrected chi connectivity index (χ0v) is 11.1.